The number of hydrogen-bond acceptors (Lipinski definition) is 5. The highest BCUT2D eigenvalue weighted by Gasteiger charge is 2.24. The van der Waals surface area contributed by atoms with Gasteiger partial charge >= 0.3 is 0 Å². The lowest BCUT2D eigenvalue weighted by atomic mass is 9.95. The molecule has 0 spiro atoms. The van der Waals surface area contributed by atoms with Gasteiger partial charge < -0.3 is 0 Å². The van der Waals surface area contributed by atoms with Crippen molar-refractivity contribution in [3.63, 3.8) is 0 Å². The minimum Gasteiger partial charge on any atom is -0.299 e. The van der Waals surface area contributed by atoms with Crippen molar-refractivity contribution in [1.29, 1.82) is 0 Å². The summed E-state index contributed by atoms with van der Waals surface area (Å²) >= 11 is 13.5. The number of carbonyl (C=O) groups excluding carboxylic acids is 1. The van der Waals surface area contributed by atoms with Gasteiger partial charge in [-0.05, 0) is 43.2 Å². The molecular formula is C23H23Cl2N5OS. The molecule has 1 fully saturated rings. The number of nitrogens with zero attached hydrogens (tertiary/aromatic N) is 4. The van der Waals surface area contributed by atoms with Crippen LogP contribution in [0.25, 0.3) is 11.4 Å². The van der Waals surface area contributed by atoms with Crippen LogP contribution in [0.1, 0.15) is 43.7 Å². The van der Waals surface area contributed by atoms with Crippen LogP contribution in [0.3, 0.4) is 0 Å². The highest BCUT2D eigenvalue weighted by molar-refractivity contribution is 7.99. The number of rotatable bonds is 7. The van der Waals surface area contributed by atoms with Crippen molar-refractivity contribution >= 4 is 47.1 Å². The molecule has 4 rings (SSSR count). The number of amides is 1. The van der Waals surface area contributed by atoms with E-state index in [0.717, 1.165) is 34.9 Å². The van der Waals surface area contributed by atoms with Gasteiger partial charge in [0.1, 0.15) is 0 Å². The van der Waals surface area contributed by atoms with E-state index in [2.05, 4.69) is 25.3 Å². The fourth-order valence-electron chi connectivity index (χ4n) is 3.76. The van der Waals surface area contributed by atoms with Gasteiger partial charge in [-0.3, -0.25) is 9.36 Å². The van der Waals surface area contributed by atoms with E-state index < -0.39 is 0 Å². The predicted molar refractivity (Wildman–Crippen MR) is 131 cm³/mol. The molecule has 1 amide bonds. The van der Waals surface area contributed by atoms with Crippen LogP contribution in [-0.2, 0) is 4.79 Å². The minimum atomic E-state index is -0.218. The second kappa shape index (κ2) is 11.0. The van der Waals surface area contributed by atoms with Crippen molar-refractivity contribution < 1.29 is 4.79 Å². The molecule has 0 aliphatic heterocycles. The summed E-state index contributed by atoms with van der Waals surface area (Å²) in [6, 6.07) is 15.3. The molecule has 1 heterocycles. The van der Waals surface area contributed by atoms with E-state index >= 15 is 0 Å². The molecule has 166 valence electrons. The molecule has 0 bridgehead atoms. The van der Waals surface area contributed by atoms with Gasteiger partial charge in [-0.15, -0.1) is 10.2 Å². The SMILES string of the molecule is O=C(CSc1nnc(-c2ccc(Cl)cc2)n1C1CCCCC1)N/N=C/c1ccccc1Cl. The number of hydrogen-bond donors (Lipinski definition) is 1. The summed E-state index contributed by atoms with van der Waals surface area (Å²) in [5.74, 6) is 0.781. The quantitative estimate of drug-likeness (QED) is 0.252. The molecule has 1 aliphatic carbocycles. The highest BCUT2D eigenvalue weighted by atomic mass is 35.5. The fourth-order valence-corrected chi connectivity index (χ4v) is 4.86. The lowest BCUT2D eigenvalue weighted by molar-refractivity contribution is -0.118. The van der Waals surface area contributed by atoms with Crippen LogP contribution >= 0.6 is 35.0 Å². The maximum Gasteiger partial charge on any atom is 0.250 e. The number of benzene rings is 2. The molecule has 1 aliphatic rings. The zero-order valence-corrected chi connectivity index (χ0v) is 19.7. The minimum absolute atomic E-state index is 0.186. The Balaban J connectivity index is 1.46. The highest BCUT2D eigenvalue weighted by Crippen LogP contribution is 2.35. The van der Waals surface area contributed by atoms with E-state index in [0.29, 0.717) is 16.1 Å². The van der Waals surface area contributed by atoms with Crippen LogP contribution in [-0.4, -0.2) is 32.6 Å². The standard InChI is InChI=1S/C23H23Cl2N5OS/c24-18-12-10-16(11-13-18)22-28-29-23(30(22)19-7-2-1-3-8-19)32-15-21(31)27-26-14-17-6-4-5-9-20(17)25/h4-6,9-14,19H,1-3,7-8,15H2,(H,27,31)/b26-14+. The molecule has 2 aromatic carbocycles. The smallest absolute Gasteiger partial charge is 0.250 e. The molecule has 1 N–H and O–H groups in total. The lowest BCUT2D eigenvalue weighted by Gasteiger charge is -2.25. The van der Waals surface area contributed by atoms with Gasteiger partial charge in [0.25, 0.3) is 5.91 Å². The van der Waals surface area contributed by atoms with Crippen molar-refractivity contribution in [3.8, 4) is 11.4 Å². The fraction of sp³-hybridized carbons (Fsp3) is 0.304. The van der Waals surface area contributed by atoms with Crippen molar-refractivity contribution in [2.75, 3.05) is 5.75 Å². The Kier molecular flexibility index (Phi) is 7.84. The van der Waals surface area contributed by atoms with E-state index in [1.165, 1.54) is 37.2 Å². The van der Waals surface area contributed by atoms with Crippen LogP contribution in [0.15, 0.2) is 58.8 Å². The molecule has 0 unspecified atom stereocenters. The number of carbonyl (C=O) groups is 1. The summed E-state index contributed by atoms with van der Waals surface area (Å²) < 4.78 is 2.19. The second-order valence-corrected chi connectivity index (χ2v) is 9.36. The molecule has 0 radical (unpaired) electrons. The van der Waals surface area contributed by atoms with E-state index in [4.69, 9.17) is 23.2 Å². The van der Waals surface area contributed by atoms with Gasteiger partial charge in [-0.1, -0.05) is 72.4 Å². The number of halogens is 2. The molecule has 32 heavy (non-hydrogen) atoms. The third-order valence-corrected chi connectivity index (χ3v) is 6.88. The van der Waals surface area contributed by atoms with Crippen LogP contribution in [0.4, 0.5) is 0 Å². The van der Waals surface area contributed by atoms with Gasteiger partial charge in [0.05, 0.1) is 12.0 Å². The van der Waals surface area contributed by atoms with E-state index in [-0.39, 0.29) is 11.7 Å². The van der Waals surface area contributed by atoms with Crippen molar-refractivity contribution in [1.82, 2.24) is 20.2 Å². The summed E-state index contributed by atoms with van der Waals surface area (Å²) in [4.78, 5) is 12.3. The average molecular weight is 488 g/mol. The first-order valence-corrected chi connectivity index (χ1v) is 12.3. The Hall–Kier alpha value is -2.35. The predicted octanol–water partition coefficient (Wildman–Crippen LogP) is 6.00. The summed E-state index contributed by atoms with van der Waals surface area (Å²) in [5, 5.41) is 14.9. The van der Waals surface area contributed by atoms with Gasteiger partial charge in [0, 0.05) is 27.2 Å². The maximum atomic E-state index is 12.3. The molecule has 9 heteroatoms. The van der Waals surface area contributed by atoms with Crippen LogP contribution in [0.5, 0.6) is 0 Å². The summed E-state index contributed by atoms with van der Waals surface area (Å²) in [7, 11) is 0. The first-order chi connectivity index (χ1) is 15.6. The Morgan fingerprint density at radius 3 is 2.59 bits per heavy atom. The number of aromatic nitrogens is 3. The first kappa shape index (κ1) is 22.8. The average Bonchev–Trinajstić information content (AvgIpc) is 3.24. The summed E-state index contributed by atoms with van der Waals surface area (Å²) in [6.07, 6.45) is 7.33. The normalized spacial score (nSPS) is 14.7. The van der Waals surface area contributed by atoms with Gasteiger partial charge in [-0.2, -0.15) is 5.10 Å². The molecule has 1 saturated carbocycles. The third kappa shape index (κ3) is 5.71. The Bertz CT molecular complexity index is 1090. The second-order valence-electron chi connectivity index (χ2n) is 7.58. The Morgan fingerprint density at radius 1 is 1.09 bits per heavy atom. The molecule has 1 aromatic heterocycles. The van der Waals surface area contributed by atoms with E-state index in [1.807, 2.05) is 42.5 Å². The Labute approximate surface area is 201 Å². The van der Waals surface area contributed by atoms with Crippen LogP contribution in [0.2, 0.25) is 10.0 Å². The number of hydrazone groups is 1. The van der Waals surface area contributed by atoms with Crippen molar-refractivity contribution in [3.05, 3.63) is 64.1 Å². The van der Waals surface area contributed by atoms with Gasteiger partial charge in [0.15, 0.2) is 11.0 Å². The largest absolute Gasteiger partial charge is 0.299 e. The van der Waals surface area contributed by atoms with Gasteiger partial charge in [-0.25, -0.2) is 5.43 Å². The maximum absolute atomic E-state index is 12.3. The summed E-state index contributed by atoms with van der Waals surface area (Å²) in [6.45, 7) is 0. The summed E-state index contributed by atoms with van der Waals surface area (Å²) in [5.41, 5.74) is 4.26. The van der Waals surface area contributed by atoms with Crippen molar-refractivity contribution in [2.45, 2.75) is 43.3 Å². The molecular weight excluding hydrogens is 465 g/mol. The van der Waals surface area contributed by atoms with E-state index in [9.17, 15) is 4.79 Å². The van der Waals surface area contributed by atoms with Crippen LogP contribution in [0, 0.1) is 0 Å². The molecule has 0 saturated heterocycles. The molecule has 6 nitrogen and oxygen atoms in total. The van der Waals surface area contributed by atoms with E-state index in [1.54, 1.807) is 6.07 Å². The monoisotopic (exact) mass is 487 g/mol. The number of nitrogens with one attached hydrogen (secondary N) is 1. The van der Waals surface area contributed by atoms with Gasteiger partial charge in [0.2, 0.25) is 0 Å². The first-order valence-electron chi connectivity index (χ1n) is 10.5. The zero-order valence-electron chi connectivity index (χ0n) is 17.4. The van der Waals surface area contributed by atoms with Crippen molar-refractivity contribution in [2.24, 2.45) is 5.10 Å². The molecule has 3 aromatic rings. The van der Waals surface area contributed by atoms with Crippen LogP contribution < -0.4 is 5.43 Å². The molecule has 0 atom stereocenters. The third-order valence-electron chi connectivity index (χ3n) is 5.34. The zero-order chi connectivity index (χ0) is 22.3. The lowest BCUT2D eigenvalue weighted by Crippen LogP contribution is -2.20. The number of thioether (sulfide) groups is 1. The topological polar surface area (TPSA) is 72.2 Å². The Morgan fingerprint density at radius 2 is 1.84 bits per heavy atom.